The van der Waals surface area contributed by atoms with Gasteiger partial charge in [-0.15, -0.1) is 0 Å². The third-order valence-corrected chi connectivity index (χ3v) is 5.06. The van der Waals surface area contributed by atoms with Gasteiger partial charge >= 0.3 is 12.0 Å². The fourth-order valence-corrected chi connectivity index (χ4v) is 3.69. The van der Waals surface area contributed by atoms with Crippen molar-refractivity contribution in [2.75, 3.05) is 6.61 Å². The molecule has 1 saturated carbocycles. The van der Waals surface area contributed by atoms with Gasteiger partial charge in [0.15, 0.2) is 0 Å². The standard InChI is InChI=1S/C20H26N2O4/c1-4-25-16-10-6-5-9-14(16)18-17(13(3)21-20(24)22-18)19(23)26-15-11-7-8-12(15)2/h5-6,9-10,12,15,18H,4,7-8,11H2,1-3H3,(H2,21,22,24)/t12-,15+,18-/m0/s1. The van der Waals surface area contributed by atoms with Gasteiger partial charge in [0.1, 0.15) is 11.9 Å². The number of nitrogens with one attached hydrogen (secondary N) is 2. The van der Waals surface area contributed by atoms with Gasteiger partial charge in [-0.05, 0) is 45.1 Å². The molecule has 1 aliphatic heterocycles. The number of hydrogen-bond donors (Lipinski definition) is 2. The Morgan fingerprint density at radius 3 is 2.73 bits per heavy atom. The molecule has 1 fully saturated rings. The van der Waals surface area contributed by atoms with Gasteiger partial charge < -0.3 is 20.1 Å². The van der Waals surface area contributed by atoms with Crippen molar-refractivity contribution in [2.24, 2.45) is 5.92 Å². The minimum Gasteiger partial charge on any atom is -0.494 e. The summed E-state index contributed by atoms with van der Waals surface area (Å²) in [5, 5.41) is 5.53. The molecule has 1 heterocycles. The summed E-state index contributed by atoms with van der Waals surface area (Å²) in [5.74, 6) is 0.625. The van der Waals surface area contributed by atoms with Gasteiger partial charge in [-0.3, -0.25) is 0 Å². The first kappa shape index (κ1) is 18.3. The zero-order valence-electron chi connectivity index (χ0n) is 15.5. The van der Waals surface area contributed by atoms with Gasteiger partial charge in [0, 0.05) is 11.3 Å². The molecule has 0 radical (unpaired) electrons. The maximum atomic E-state index is 13.0. The van der Waals surface area contributed by atoms with Crippen LogP contribution in [-0.4, -0.2) is 24.7 Å². The second-order valence-electron chi connectivity index (χ2n) is 6.89. The van der Waals surface area contributed by atoms with Crippen LogP contribution in [0.2, 0.25) is 0 Å². The van der Waals surface area contributed by atoms with Crippen molar-refractivity contribution in [3.8, 4) is 5.75 Å². The maximum absolute atomic E-state index is 13.0. The van der Waals surface area contributed by atoms with E-state index in [1.54, 1.807) is 6.92 Å². The number of para-hydroxylation sites is 1. The molecule has 140 valence electrons. The number of hydrogen-bond acceptors (Lipinski definition) is 4. The molecule has 0 spiro atoms. The third-order valence-electron chi connectivity index (χ3n) is 5.06. The van der Waals surface area contributed by atoms with E-state index in [0.29, 0.717) is 29.5 Å². The van der Waals surface area contributed by atoms with Crippen molar-refractivity contribution in [3.05, 3.63) is 41.1 Å². The number of esters is 1. The van der Waals surface area contributed by atoms with Crippen LogP contribution in [-0.2, 0) is 9.53 Å². The van der Waals surface area contributed by atoms with Crippen LogP contribution in [0.4, 0.5) is 4.79 Å². The highest BCUT2D eigenvalue weighted by atomic mass is 16.5. The molecule has 0 unspecified atom stereocenters. The van der Waals surface area contributed by atoms with Gasteiger partial charge in [-0.2, -0.15) is 0 Å². The summed E-state index contributed by atoms with van der Waals surface area (Å²) < 4.78 is 11.5. The molecule has 0 aromatic heterocycles. The summed E-state index contributed by atoms with van der Waals surface area (Å²) in [4.78, 5) is 25.0. The summed E-state index contributed by atoms with van der Waals surface area (Å²) >= 11 is 0. The Bertz CT molecular complexity index is 728. The minimum atomic E-state index is -0.601. The van der Waals surface area contributed by atoms with Crippen LogP contribution in [0.25, 0.3) is 0 Å². The molecule has 26 heavy (non-hydrogen) atoms. The number of benzene rings is 1. The molecule has 2 amide bonds. The van der Waals surface area contributed by atoms with Crippen LogP contribution in [0.15, 0.2) is 35.5 Å². The molecule has 2 aliphatic rings. The molecular weight excluding hydrogens is 332 g/mol. The van der Waals surface area contributed by atoms with Crippen LogP contribution >= 0.6 is 0 Å². The highest BCUT2D eigenvalue weighted by molar-refractivity contribution is 5.95. The number of ether oxygens (including phenoxy) is 2. The Labute approximate surface area is 153 Å². The molecule has 1 aliphatic carbocycles. The number of carbonyl (C=O) groups is 2. The van der Waals surface area contributed by atoms with Crippen LogP contribution in [0.3, 0.4) is 0 Å². The lowest BCUT2D eigenvalue weighted by molar-refractivity contribution is -0.146. The second kappa shape index (κ2) is 7.81. The quantitative estimate of drug-likeness (QED) is 0.791. The van der Waals surface area contributed by atoms with E-state index in [4.69, 9.17) is 9.47 Å². The zero-order valence-corrected chi connectivity index (χ0v) is 15.5. The lowest BCUT2D eigenvalue weighted by Crippen LogP contribution is -2.45. The van der Waals surface area contributed by atoms with Crippen LogP contribution < -0.4 is 15.4 Å². The highest BCUT2D eigenvalue weighted by Gasteiger charge is 2.36. The Kier molecular flexibility index (Phi) is 5.49. The summed E-state index contributed by atoms with van der Waals surface area (Å²) in [6, 6.07) is 6.49. The molecule has 6 nitrogen and oxygen atoms in total. The Balaban J connectivity index is 1.93. The van der Waals surface area contributed by atoms with E-state index >= 15 is 0 Å². The first-order chi connectivity index (χ1) is 12.5. The van der Waals surface area contributed by atoms with Crippen LogP contribution in [0.1, 0.15) is 51.6 Å². The van der Waals surface area contributed by atoms with E-state index in [1.807, 2.05) is 31.2 Å². The normalized spacial score (nSPS) is 25.5. The van der Waals surface area contributed by atoms with Crippen LogP contribution in [0, 0.1) is 5.92 Å². The first-order valence-corrected chi connectivity index (χ1v) is 9.22. The molecule has 3 atom stereocenters. The molecule has 3 rings (SSSR count). The Morgan fingerprint density at radius 2 is 2.04 bits per heavy atom. The second-order valence-corrected chi connectivity index (χ2v) is 6.89. The van der Waals surface area contributed by atoms with Crippen LogP contribution in [0.5, 0.6) is 5.75 Å². The number of amides is 2. The number of rotatable bonds is 5. The van der Waals surface area contributed by atoms with E-state index in [1.165, 1.54) is 0 Å². The van der Waals surface area contributed by atoms with Gasteiger partial charge in [0.2, 0.25) is 0 Å². The van der Waals surface area contributed by atoms with Gasteiger partial charge in [-0.1, -0.05) is 25.1 Å². The summed E-state index contributed by atoms with van der Waals surface area (Å²) in [5.41, 5.74) is 1.69. The Morgan fingerprint density at radius 1 is 1.27 bits per heavy atom. The van der Waals surface area contributed by atoms with E-state index in [9.17, 15) is 9.59 Å². The lowest BCUT2D eigenvalue weighted by atomic mass is 9.94. The molecule has 0 bridgehead atoms. The smallest absolute Gasteiger partial charge is 0.338 e. The summed E-state index contributed by atoms with van der Waals surface area (Å²) in [6.07, 6.45) is 2.96. The fraction of sp³-hybridized carbons (Fsp3) is 0.500. The molecule has 1 aromatic carbocycles. The van der Waals surface area contributed by atoms with Crippen molar-refractivity contribution >= 4 is 12.0 Å². The topological polar surface area (TPSA) is 76.7 Å². The average molecular weight is 358 g/mol. The zero-order chi connectivity index (χ0) is 18.7. The predicted molar refractivity (Wildman–Crippen MR) is 97.6 cm³/mol. The predicted octanol–water partition coefficient (Wildman–Crippen LogP) is 3.45. The van der Waals surface area contributed by atoms with Crippen molar-refractivity contribution < 1.29 is 19.1 Å². The maximum Gasteiger partial charge on any atom is 0.338 e. The minimum absolute atomic E-state index is 0.0665. The third kappa shape index (κ3) is 3.69. The monoisotopic (exact) mass is 358 g/mol. The average Bonchev–Trinajstić information content (AvgIpc) is 2.99. The molecule has 0 saturated heterocycles. The summed E-state index contributed by atoms with van der Waals surface area (Å²) in [7, 11) is 0. The van der Waals surface area contributed by atoms with E-state index < -0.39 is 6.04 Å². The van der Waals surface area contributed by atoms with Crippen molar-refractivity contribution in [1.29, 1.82) is 0 Å². The number of urea groups is 1. The Hall–Kier alpha value is -2.50. The largest absolute Gasteiger partial charge is 0.494 e. The van der Waals surface area contributed by atoms with E-state index in [0.717, 1.165) is 24.8 Å². The number of allylic oxidation sites excluding steroid dienone is 1. The molecule has 2 N–H and O–H groups in total. The van der Waals surface area contributed by atoms with Gasteiger partial charge in [0.25, 0.3) is 0 Å². The molecule has 6 heteroatoms. The van der Waals surface area contributed by atoms with Crippen molar-refractivity contribution in [1.82, 2.24) is 10.6 Å². The van der Waals surface area contributed by atoms with E-state index in [2.05, 4.69) is 17.6 Å². The molecule has 1 aromatic rings. The van der Waals surface area contributed by atoms with Gasteiger partial charge in [-0.25, -0.2) is 9.59 Å². The highest BCUT2D eigenvalue weighted by Crippen LogP contribution is 2.35. The molecular formula is C20H26N2O4. The summed E-state index contributed by atoms with van der Waals surface area (Å²) in [6.45, 7) is 6.23. The van der Waals surface area contributed by atoms with Crippen molar-refractivity contribution in [2.45, 2.75) is 52.2 Å². The fourth-order valence-electron chi connectivity index (χ4n) is 3.69. The number of carbonyl (C=O) groups excluding carboxylic acids is 2. The van der Waals surface area contributed by atoms with Gasteiger partial charge in [0.05, 0.1) is 18.2 Å². The van der Waals surface area contributed by atoms with E-state index in [-0.39, 0.29) is 18.1 Å². The SMILES string of the molecule is CCOc1ccccc1[C@@H]1NC(=O)NC(C)=C1C(=O)O[C@@H]1CCC[C@@H]1C. The lowest BCUT2D eigenvalue weighted by Gasteiger charge is -2.30. The van der Waals surface area contributed by atoms with Crippen molar-refractivity contribution in [3.63, 3.8) is 0 Å². The first-order valence-electron chi connectivity index (χ1n) is 9.22.